The van der Waals surface area contributed by atoms with Gasteiger partial charge in [-0.05, 0) is 57.4 Å². The Morgan fingerprint density at radius 1 is 1.02 bits per heavy atom. The molecular weight excluding hydrogens is 586 g/mol. The molecule has 1 aliphatic rings. The van der Waals surface area contributed by atoms with Gasteiger partial charge in [-0.25, -0.2) is 9.67 Å². The number of hydrogen-bond donors (Lipinski definition) is 2. The highest BCUT2D eigenvalue weighted by atomic mass is 35.5. The maximum absolute atomic E-state index is 9.95. The Morgan fingerprint density at radius 3 is 2.47 bits per heavy atom. The number of rotatable bonds is 8. The molecule has 0 amide bonds. The largest absolute Gasteiger partial charge is 0.481 e. The van der Waals surface area contributed by atoms with E-state index in [0.29, 0.717) is 44.8 Å². The number of halogens is 1. The van der Waals surface area contributed by atoms with Gasteiger partial charge in [0.05, 0.1) is 59.1 Å². The second kappa shape index (κ2) is 12.7. The second-order valence-electron chi connectivity index (χ2n) is 12.2. The Kier molecular flexibility index (Phi) is 8.57. The van der Waals surface area contributed by atoms with Gasteiger partial charge < -0.3 is 15.4 Å². The molecular formula is C34H36ClN9O. The molecule has 45 heavy (non-hydrogen) atoms. The molecule has 4 heterocycles. The number of nitrogens with zero attached hydrogens (tertiary/aromatic N) is 7. The number of likely N-dealkylation sites (tertiary alicyclic amines) is 1. The van der Waals surface area contributed by atoms with Crippen LogP contribution in [0, 0.1) is 11.3 Å². The molecule has 2 aromatic carbocycles. The summed E-state index contributed by atoms with van der Waals surface area (Å²) >= 11 is 6.82. The number of nitrogens with one attached hydrogen (secondary N) is 2. The van der Waals surface area contributed by atoms with Crippen molar-refractivity contribution in [2.75, 3.05) is 30.8 Å². The van der Waals surface area contributed by atoms with Crippen LogP contribution in [0.25, 0.3) is 10.9 Å². The number of aromatic nitrogens is 5. The van der Waals surface area contributed by atoms with E-state index in [4.69, 9.17) is 16.3 Å². The van der Waals surface area contributed by atoms with Gasteiger partial charge in [0.1, 0.15) is 11.8 Å². The summed E-state index contributed by atoms with van der Waals surface area (Å²) in [5, 5.41) is 27.3. The molecule has 230 valence electrons. The molecule has 0 spiro atoms. The van der Waals surface area contributed by atoms with E-state index < -0.39 is 0 Å². The van der Waals surface area contributed by atoms with Crippen molar-refractivity contribution in [2.24, 2.45) is 0 Å². The van der Waals surface area contributed by atoms with Crippen LogP contribution in [0.4, 0.5) is 17.1 Å². The average molecular weight is 622 g/mol. The van der Waals surface area contributed by atoms with Crippen molar-refractivity contribution in [1.29, 1.82) is 5.26 Å². The zero-order valence-corrected chi connectivity index (χ0v) is 26.6. The van der Waals surface area contributed by atoms with E-state index in [1.807, 2.05) is 41.1 Å². The Bertz CT molecular complexity index is 1820. The third-order valence-electron chi connectivity index (χ3n) is 8.32. The fourth-order valence-corrected chi connectivity index (χ4v) is 6.09. The minimum atomic E-state index is -0.294. The van der Waals surface area contributed by atoms with Crippen LogP contribution in [0.15, 0.2) is 73.2 Å². The highest BCUT2D eigenvalue weighted by molar-refractivity contribution is 6.36. The van der Waals surface area contributed by atoms with Gasteiger partial charge in [-0.1, -0.05) is 47.1 Å². The van der Waals surface area contributed by atoms with E-state index >= 15 is 0 Å². The molecule has 6 rings (SSSR count). The van der Waals surface area contributed by atoms with Crippen LogP contribution < -0.4 is 15.4 Å². The molecule has 1 saturated heterocycles. The standard InChI is InChI=1S/C34H36ClN9O/c1-34(2,3)43-14-12-26(13-15-43)44-21-29(41-42-44)32(22-8-6-5-7-9-22)40-25-16-27-31(39-24-10-11-30(45-4)37-20-24)23(18-36)19-38-33(27)28(35)17-25/h5-11,16-17,19-21,26,32,40H,12-15H2,1-4H3,(H,38,39). The molecule has 1 atom stereocenters. The van der Waals surface area contributed by atoms with Crippen LogP contribution in [0.3, 0.4) is 0 Å². The maximum Gasteiger partial charge on any atom is 0.213 e. The molecule has 0 radical (unpaired) electrons. The summed E-state index contributed by atoms with van der Waals surface area (Å²) < 4.78 is 7.21. The number of anilines is 3. The van der Waals surface area contributed by atoms with Gasteiger partial charge in [-0.3, -0.25) is 9.88 Å². The predicted molar refractivity (Wildman–Crippen MR) is 177 cm³/mol. The third-order valence-corrected chi connectivity index (χ3v) is 8.60. The Labute approximate surface area is 268 Å². The molecule has 11 heteroatoms. The van der Waals surface area contributed by atoms with Gasteiger partial charge in [-0.15, -0.1) is 5.10 Å². The van der Waals surface area contributed by atoms with Gasteiger partial charge in [0.2, 0.25) is 5.88 Å². The molecule has 1 unspecified atom stereocenters. The Morgan fingerprint density at radius 2 is 1.80 bits per heavy atom. The lowest BCUT2D eigenvalue weighted by molar-refractivity contribution is 0.0866. The number of nitriles is 1. The second-order valence-corrected chi connectivity index (χ2v) is 12.6. The van der Waals surface area contributed by atoms with Gasteiger partial charge in [-0.2, -0.15) is 5.26 Å². The fourth-order valence-electron chi connectivity index (χ4n) is 5.82. The minimum absolute atomic E-state index is 0.159. The molecule has 2 N–H and O–H groups in total. The van der Waals surface area contributed by atoms with Crippen molar-refractivity contribution in [3.8, 4) is 11.9 Å². The zero-order chi connectivity index (χ0) is 31.6. The topological polar surface area (TPSA) is 117 Å². The van der Waals surface area contributed by atoms with Crippen molar-refractivity contribution >= 4 is 39.6 Å². The van der Waals surface area contributed by atoms with Gasteiger partial charge >= 0.3 is 0 Å². The lowest BCUT2D eigenvalue weighted by Gasteiger charge is -2.40. The zero-order valence-electron chi connectivity index (χ0n) is 25.8. The first-order valence-electron chi connectivity index (χ1n) is 15.0. The first kappa shape index (κ1) is 30.3. The average Bonchev–Trinajstić information content (AvgIpc) is 3.54. The Balaban J connectivity index is 1.34. The smallest absolute Gasteiger partial charge is 0.213 e. The van der Waals surface area contributed by atoms with Crippen LogP contribution in [-0.4, -0.2) is 55.6 Å². The van der Waals surface area contributed by atoms with Crippen LogP contribution in [0.1, 0.15) is 62.5 Å². The minimum Gasteiger partial charge on any atom is -0.481 e. The molecule has 0 saturated carbocycles. The number of fused-ring (bicyclic) bond motifs is 1. The summed E-state index contributed by atoms with van der Waals surface area (Å²) in [5.74, 6) is 0.495. The molecule has 1 aliphatic heterocycles. The maximum atomic E-state index is 9.95. The van der Waals surface area contributed by atoms with Gasteiger partial charge in [0.15, 0.2) is 0 Å². The number of pyridine rings is 2. The molecule has 5 aromatic rings. The highest BCUT2D eigenvalue weighted by Gasteiger charge is 2.29. The monoisotopic (exact) mass is 621 g/mol. The third kappa shape index (κ3) is 6.55. The van der Waals surface area contributed by atoms with Crippen molar-refractivity contribution in [2.45, 2.75) is 51.2 Å². The summed E-state index contributed by atoms with van der Waals surface area (Å²) in [6, 6.07) is 19.8. The number of ether oxygens (including phenoxy) is 1. The normalized spacial score (nSPS) is 15.0. The van der Waals surface area contributed by atoms with Crippen LogP contribution in [0.5, 0.6) is 5.88 Å². The number of methoxy groups -OCH3 is 1. The Hall–Kier alpha value is -4.72. The van der Waals surface area contributed by atoms with E-state index in [0.717, 1.165) is 42.9 Å². The summed E-state index contributed by atoms with van der Waals surface area (Å²) in [5.41, 5.74) is 5.00. The predicted octanol–water partition coefficient (Wildman–Crippen LogP) is 7.14. The van der Waals surface area contributed by atoms with Crippen molar-refractivity contribution in [3.05, 3.63) is 95.0 Å². The van der Waals surface area contributed by atoms with E-state index in [-0.39, 0.29) is 11.6 Å². The summed E-state index contributed by atoms with van der Waals surface area (Å²) in [6.07, 6.45) is 7.29. The lowest BCUT2D eigenvalue weighted by atomic mass is 9.98. The van der Waals surface area contributed by atoms with Crippen LogP contribution >= 0.6 is 11.6 Å². The van der Waals surface area contributed by atoms with Gasteiger partial charge in [0, 0.05) is 42.0 Å². The summed E-state index contributed by atoms with van der Waals surface area (Å²) in [4.78, 5) is 11.3. The van der Waals surface area contributed by atoms with Crippen molar-refractivity contribution in [1.82, 2.24) is 29.9 Å². The van der Waals surface area contributed by atoms with Gasteiger partial charge in [0.25, 0.3) is 0 Å². The van der Waals surface area contributed by atoms with E-state index in [1.54, 1.807) is 19.4 Å². The first-order chi connectivity index (χ1) is 21.7. The number of hydrogen-bond acceptors (Lipinski definition) is 9. The molecule has 0 bridgehead atoms. The van der Waals surface area contributed by atoms with Crippen LogP contribution in [-0.2, 0) is 0 Å². The van der Waals surface area contributed by atoms with E-state index in [9.17, 15) is 5.26 Å². The fraction of sp³-hybridized carbons (Fsp3) is 0.324. The summed E-state index contributed by atoms with van der Waals surface area (Å²) in [7, 11) is 1.57. The van der Waals surface area contributed by atoms with E-state index in [1.165, 1.54) is 6.20 Å². The molecule has 3 aromatic heterocycles. The molecule has 10 nitrogen and oxygen atoms in total. The molecule has 1 fully saturated rings. The van der Waals surface area contributed by atoms with E-state index in [2.05, 4.69) is 81.0 Å². The summed E-state index contributed by atoms with van der Waals surface area (Å²) in [6.45, 7) is 8.86. The first-order valence-corrected chi connectivity index (χ1v) is 15.4. The van der Waals surface area contributed by atoms with Crippen molar-refractivity contribution in [3.63, 3.8) is 0 Å². The lowest BCUT2D eigenvalue weighted by Crippen LogP contribution is -2.46. The van der Waals surface area contributed by atoms with Crippen LogP contribution in [0.2, 0.25) is 5.02 Å². The number of benzene rings is 2. The molecule has 0 aliphatic carbocycles. The quantitative estimate of drug-likeness (QED) is 0.186. The SMILES string of the molecule is COc1ccc(Nc2c(C#N)cnc3c(Cl)cc(NC(c4ccccc4)c4cn(C5CCN(C(C)(C)C)CC5)nn4)cc23)cn1. The number of piperidine rings is 1. The van der Waals surface area contributed by atoms with Crippen molar-refractivity contribution < 1.29 is 4.74 Å². The highest BCUT2D eigenvalue weighted by Crippen LogP contribution is 2.37.